The van der Waals surface area contributed by atoms with E-state index in [9.17, 15) is 40.3 Å². The minimum Gasteiger partial charge on any atom is -0.317 e. The molecule has 0 saturated carbocycles. The van der Waals surface area contributed by atoms with Crippen molar-refractivity contribution < 1.29 is 35.5 Å². The Bertz CT molecular complexity index is 1880. The zero-order chi connectivity index (χ0) is 30.2. The van der Waals surface area contributed by atoms with Gasteiger partial charge < -0.3 is 15.6 Å². The average molecular weight is 589 g/mol. The molecule has 0 atom stereocenters. The molecule has 0 aliphatic rings. The standard InChI is InChI=1S/C28H18F7N5O2/c29-19-9-8-16(27(30,31)32)13-21(19)38-26(42)37-20-10-7-14(17-3-1-2-4-18(17)20)5-6-15-11-12-36-24-22(15)39-25(41)23(40-24)28(33,34)35/h1-4,7-13H,5-6H2,(H,39,41)(H2,37,38,42). The van der Waals surface area contributed by atoms with Crippen LogP contribution in [0.3, 0.4) is 0 Å². The lowest BCUT2D eigenvalue weighted by Crippen LogP contribution is -2.24. The lowest BCUT2D eigenvalue weighted by Gasteiger charge is -2.15. The summed E-state index contributed by atoms with van der Waals surface area (Å²) in [6.45, 7) is 0. The second-order valence-corrected chi connectivity index (χ2v) is 9.17. The maximum Gasteiger partial charge on any atom is 0.438 e. The fourth-order valence-corrected chi connectivity index (χ4v) is 4.47. The van der Waals surface area contributed by atoms with Crippen LogP contribution in [0.1, 0.15) is 22.4 Å². The predicted octanol–water partition coefficient (Wildman–Crippen LogP) is 7.08. The molecule has 5 aromatic rings. The largest absolute Gasteiger partial charge is 0.438 e. The van der Waals surface area contributed by atoms with E-state index in [0.29, 0.717) is 46.6 Å². The van der Waals surface area contributed by atoms with Gasteiger partial charge in [-0.05, 0) is 59.7 Å². The van der Waals surface area contributed by atoms with Gasteiger partial charge in [-0.3, -0.25) is 4.79 Å². The number of aromatic amines is 1. The van der Waals surface area contributed by atoms with Crippen molar-refractivity contribution in [1.82, 2.24) is 15.0 Å². The number of rotatable bonds is 5. The van der Waals surface area contributed by atoms with Crippen LogP contribution in [0.4, 0.5) is 46.9 Å². The first-order valence-electron chi connectivity index (χ1n) is 12.2. The van der Waals surface area contributed by atoms with Crippen molar-refractivity contribution >= 4 is 39.3 Å². The SMILES string of the molecule is O=C(Nc1cc(C(F)(F)F)ccc1F)Nc1ccc(CCc2ccnc3nc(C(F)(F)F)c(=O)[nH]c23)c2ccccc12. The van der Waals surface area contributed by atoms with Crippen LogP contribution in [0.5, 0.6) is 0 Å². The molecule has 0 aliphatic carbocycles. The van der Waals surface area contributed by atoms with E-state index in [1.54, 1.807) is 42.5 Å². The number of carbonyl (C=O) groups is 1. The number of pyridine rings is 1. The first kappa shape index (κ1) is 28.5. The van der Waals surface area contributed by atoms with Gasteiger partial charge in [0, 0.05) is 11.6 Å². The van der Waals surface area contributed by atoms with Gasteiger partial charge in [-0.25, -0.2) is 19.2 Å². The van der Waals surface area contributed by atoms with Crippen molar-refractivity contribution in [3.63, 3.8) is 0 Å². The molecule has 5 rings (SSSR count). The normalized spacial score (nSPS) is 12.1. The average Bonchev–Trinajstić information content (AvgIpc) is 2.92. The molecule has 216 valence electrons. The molecule has 2 heterocycles. The zero-order valence-electron chi connectivity index (χ0n) is 21.1. The molecule has 0 aliphatic heterocycles. The number of nitrogens with one attached hydrogen (secondary N) is 3. The van der Waals surface area contributed by atoms with Gasteiger partial charge in [0.05, 0.1) is 22.5 Å². The minimum atomic E-state index is -4.94. The van der Waals surface area contributed by atoms with Crippen LogP contribution in [-0.4, -0.2) is 21.0 Å². The fourth-order valence-electron chi connectivity index (χ4n) is 4.47. The van der Waals surface area contributed by atoms with Crippen LogP contribution in [0.15, 0.2) is 71.7 Å². The highest BCUT2D eigenvalue weighted by atomic mass is 19.4. The maximum absolute atomic E-state index is 14.1. The Balaban J connectivity index is 1.38. The summed E-state index contributed by atoms with van der Waals surface area (Å²) in [5.74, 6) is -1.05. The van der Waals surface area contributed by atoms with Crippen molar-refractivity contribution in [2.24, 2.45) is 0 Å². The number of amides is 2. The summed E-state index contributed by atoms with van der Waals surface area (Å²) in [5, 5.41) is 5.88. The minimum absolute atomic E-state index is 0.0802. The summed E-state index contributed by atoms with van der Waals surface area (Å²) < 4.78 is 92.4. The summed E-state index contributed by atoms with van der Waals surface area (Å²) in [4.78, 5) is 34.1. The van der Waals surface area contributed by atoms with Crippen molar-refractivity contribution in [1.29, 1.82) is 0 Å². The van der Waals surface area contributed by atoms with Gasteiger partial charge in [-0.1, -0.05) is 30.3 Å². The number of halogens is 7. The number of aromatic nitrogens is 3. The second kappa shape index (κ2) is 10.8. The molecule has 14 heteroatoms. The first-order chi connectivity index (χ1) is 19.8. The molecular formula is C28H18F7N5O2. The van der Waals surface area contributed by atoms with Gasteiger partial charge in [-0.15, -0.1) is 0 Å². The highest BCUT2D eigenvalue weighted by molar-refractivity contribution is 6.07. The molecule has 0 unspecified atom stereocenters. The Morgan fingerprint density at radius 1 is 0.810 bits per heavy atom. The van der Waals surface area contributed by atoms with E-state index in [1.165, 1.54) is 6.20 Å². The van der Waals surface area contributed by atoms with E-state index in [0.717, 1.165) is 5.56 Å². The van der Waals surface area contributed by atoms with Gasteiger partial charge >= 0.3 is 18.4 Å². The van der Waals surface area contributed by atoms with E-state index in [2.05, 4.69) is 25.6 Å². The lowest BCUT2D eigenvalue weighted by molar-refractivity contribution is -0.142. The van der Waals surface area contributed by atoms with Crippen LogP contribution < -0.4 is 16.2 Å². The quantitative estimate of drug-likeness (QED) is 0.191. The molecule has 3 N–H and O–H groups in total. The van der Waals surface area contributed by atoms with Gasteiger partial charge in [-0.2, -0.15) is 26.3 Å². The second-order valence-electron chi connectivity index (χ2n) is 9.17. The summed E-state index contributed by atoms with van der Waals surface area (Å²) in [5.41, 5.74) is -3.34. The third-order valence-electron chi connectivity index (χ3n) is 6.43. The van der Waals surface area contributed by atoms with E-state index in [1.807, 2.05) is 0 Å². The van der Waals surface area contributed by atoms with Crippen molar-refractivity contribution in [3.05, 3.63) is 105 Å². The van der Waals surface area contributed by atoms with Crippen LogP contribution in [0, 0.1) is 5.82 Å². The smallest absolute Gasteiger partial charge is 0.317 e. The Morgan fingerprint density at radius 2 is 1.50 bits per heavy atom. The fraction of sp³-hybridized carbons (Fsp3) is 0.143. The molecule has 0 saturated heterocycles. The first-order valence-corrected chi connectivity index (χ1v) is 12.2. The lowest BCUT2D eigenvalue weighted by atomic mass is 9.97. The van der Waals surface area contributed by atoms with Crippen molar-refractivity contribution in [2.75, 3.05) is 10.6 Å². The van der Waals surface area contributed by atoms with Crippen LogP contribution in [0.2, 0.25) is 0 Å². The number of fused-ring (bicyclic) bond motifs is 2. The molecule has 0 fully saturated rings. The number of benzene rings is 3. The topological polar surface area (TPSA) is 99.8 Å². The highest BCUT2D eigenvalue weighted by Crippen LogP contribution is 2.33. The van der Waals surface area contributed by atoms with E-state index >= 15 is 0 Å². The molecule has 2 amide bonds. The van der Waals surface area contributed by atoms with Gasteiger partial charge in [0.1, 0.15) is 5.82 Å². The van der Waals surface area contributed by atoms with E-state index in [-0.39, 0.29) is 17.6 Å². The number of urea groups is 1. The predicted molar refractivity (Wildman–Crippen MR) is 141 cm³/mol. The van der Waals surface area contributed by atoms with Crippen LogP contribution in [0.25, 0.3) is 21.9 Å². The summed E-state index contributed by atoms with van der Waals surface area (Å²) in [6, 6.07) is 12.4. The number of nitrogens with zero attached hydrogens (tertiary/aromatic N) is 2. The maximum atomic E-state index is 14.1. The summed E-state index contributed by atoms with van der Waals surface area (Å²) in [7, 11) is 0. The molecule has 0 bridgehead atoms. The Hall–Kier alpha value is -5.01. The van der Waals surface area contributed by atoms with Gasteiger partial charge in [0.2, 0.25) is 5.69 Å². The number of anilines is 2. The molecular weight excluding hydrogens is 571 g/mol. The number of hydrogen-bond acceptors (Lipinski definition) is 4. The highest BCUT2D eigenvalue weighted by Gasteiger charge is 2.36. The third kappa shape index (κ3) is 5.87. The summed E-state index contributed by atoms with van der Waals surface area (Å²) in [6.07, 6.45) is -7.72. The molecule has 7 nitrogen and oxygen atoms in total. The number of aryl methyl sites for hydroxylation is 2. The van der Waals surface area contributed by atoms with Crippen molar-refractivity contribution in [2.45, 2.75) is 25.2 Å². The van der Waals surface area contributed by atoms with Crippen LogP contribution in [-0.2, 0) is 25.2 Å². The summed E-state index contributed by atoms with van der Waals surface area (Å²) >= 11 is 0. The molecule has 42 heavy (non-hydrogen) atoms. The molecule has 3 aromatic carbocycles. The zero-order valence-corrected chi connectivity index (χ0v) is 21.1. The van der Waals surface area contributed by atoms with E-state index < -0.39 is 46.7 Å². The van der Waals surface area contributed by atoms with Crippen molar-refractivity contribution in [3.8, 4) is 0 Å². The molecule has 0 radical (unpaired) electrons. The van der Waals surface area contributed by atoms with Gasteiger partial charge in [0.15, 0.2) is 5.65 Å². The molecule has 0 spiro atoms. The molecule has 2 aromatic heterocycles. The Morgan fingerprint density at radius 3 is 2.21 bits per heavy atom. The number of hydrogen-bond donors (Lipinski definition) is 3. The van der Waals surface area contributed by atoms with E-state index in [4.69, 9.17) is 0 Å². The number of H-pyrrole nitrogens is 1. The Kier molecular flexibility index (Phi) is 7.31. The van der Waals surface area contributed by atoms with Gasteiger partial charge in [0.25, 0.3) is 5.56 Å². The Labute approximate surface area is 231 Å². The number of carbonyl (C=O) groups excluding carboxylic acids is 1. The monoisotopic (exact) mass is 589 g/mol. The number of alkyl halides is 6. The third-order valence-corrected chi connectivity index (χ3v) is 6.43. The van der Waals surface area contributed by atoms with Crippen LogP contribution >= 0.6 is 0 Å².